The smallest absolute Gasteiger partial charge is 0.241 e. The van der Waals surface area contributed by atoms with E-state index >= 15 is 0 Å². The normalized spacial score (nSPS) is 18.2. The van der Waals surface area contributed by atoms with Gasteiger partial charge in [-0.15, -0.1) is 0 Å². The predicted molar refractivity (Wildman–Crippen MR) is 93.8 cm³/mol. The van der Waals surface area contributed by atoms with Crippen molar-refractivity contribution in [1.82, 2.24) is 4.90 Å². The van der Waals surface area contributed by atoms with E-state index in [0.717, 1.165) is 17.1 Å². The number of amides is 1. The van der Waals surface area contributed by atoms with Gasteiger partial charge in [-0.1, -0.05) is 37.8 Å². The number of carbonyl (C=O) groups excluding carboxylic acids is 1. The van der Waals surface area contributed by atoms with E-state index in [0.29, 0.717) is 23.2 Å². The fraction of sp³-hybridized carbons (Fsp3) is 0.500. The van der Waals surface area contributed by atoms with Crippen LogP contribution in [0.1, 0.15) is 19.4 Å². The first-order chi connectivity index (χ1) is 10.5. The highest BCUT2D eigenvalue weighted by Gasteiger charge is 2.37. The Balaban J connectivity index is 2.17. The van der Waals surface area contributed by atoms with Crippen LogP contribution >= 0.6 is 24.0 Å². The lowest BCUT2D eigenvalue weighted by Gasteiger charge is -2.18. The van der Waals surface area contributed by atoms with E-state index in [1.54, 1.807) is 19.1 Å². The van der Waals surface area contributed by atoms with Crippen LogP contribution in [0.5, 0.6) is 11.5 Å². The molecule has 1 heterocycles. The van der Waals surface area contributed by atoms with E-state index in [4.69, 9.17) is 21.7 Å². The molecule has 0 aliphatic carbocycles. The van der Waals surface area contributed by atoms with Crippen molar-refractivity contribution in [1.29, 1.82) is 0 Å². The second-order valence-corrected chi connectivity index (χ2v) is 7.43. The molecule has 0 unspecified atom stereocenters. The number of hydrogen-bond acceptors (Lipinski definition) is 5. The van der Waals surface area contributed by atoms with E-state index in [-0.39, 0.29) is 11.2 Å². The third-order valence-electron chi connectivity index (χ3n) is 3.45. The molecule has 0 aromatic heterocycles. The van der Waals surface area contributed by atoms with Gasteiger partial charge in [-0.25, -0.2) is 0 Å². The third kappa shape index (κ3) is 3.73. The maximum Gasteiger partial charge on any atom is 0.241 e. The van der Waals surface area contributed by atoms with Gasteiger partial charge in [0.2, 0.25) is 5.91 Å². The average Bonchev–Trinajstić information content (AvgIpc) is 2.74. The number of benzene rings is 1. The molecule has 1 aromatic carbocycles. The number of thioether (sulfide) groups is 1. The maximum absolute atomic E-state index is 12.6. The fourth-order valence-corrected chi connectivity index (χ4v) is 3.94. The molecule has 0 spiro atoms. The fourth-order valence-electron chi connectivity index (χ4n) is 2.40. The van der Waals surface area contributed by atoms with Crippen molar-refractivity contribution in [2.75, 3.05) is 20.8 Å². The van der Waals surface area contributed by atoms with Crippen molar-refractivity contribution in [2.24, 2.45) is 5.92 Å². The number of hydrogen-bond donors (Lipinski definition) is 0. The van der Waals surface area contributed by atoms with Gasteiger partial charge in [-0.3, -0.25) is 9.69 Å². The number of thiocarbonyl (C=S) groups is 1. The van der Waals surface area contributed by atoms with Crippen LogP contribution in [-0.4, -0.2) is 41.1 Å². The first kappa shape index (κ1) is 17.1. The summed E-state index contributed by atoms with van der Waals surface area (Å²) in [5.41, 5.74) is 0.960. The SMILES string of the molecule is COc1ccc(OC)c(C[C@H]2SC(=S)N(CC(C)C)C2=O)c1. The highest BCUT2D eigenvalue weighted by atomic mass is 32.2. The molecule has 22 heavy (non-hydrogen) atoms. The molecule has 1 amide bonds. The van der Waals surface area contributed by atoms with Gasteiger partial charge < -0.3 is 9.47 Å². The maximum atomic E-state index is 12.6. The van der Waals surface area contributed by atoms with Crippen molar-refractivity contribution in [2.45, 2.75) is 25.5 Å². The zero-order valence-electron chi connectivity index (χ0n) is 13.3. The van der Waals surface area contributed by atoms with Crippen LogP contribution in [0.15, 0.2) is 18.2 Å². The molecule has 1 aromatic rings. The Labute approximate surface area is 141 Å². The molecule has 0 radical (unpaired) electrons. The number of carbonyl (C=O) groups is 1. The van der Waals surface area contributed by atoms with E-state index in [1.165, 1.54) is 11.8 Å². The summed E-state index contributed by atoms with van der Waals surface area (Å²) in [5.74, 6) is 2.01. The van der Waals surface area contributed by atoms with Crippen molar-refractivity contribution in [3.05, 3.63) is 23.8 Å². The summed E-state index contributed by atoms with van der Waals surface area (Å²) in [6.07, 6.45) is 0.582. The molecule has 120 valence electrons. The topological polar surface area (TPSA) is 38.8 Å². The van der Waals surface area contributed by atoms with Gasteiger partial charge in [0.15, 0.2) is 0 Å². The Hall–Kier alpha value is -1.27. The second-order valence-electron chi connectivity index (χ2n) is 5.60. The number of methoxy groups -OCH3 is 2. The van der Waals surface area contributed by atoms with Gasteiger partial charge in [-0.05, 0) is 36.1 Å². The van der Waals surface area contributed by atoms with Crippen molar-refractivity contribution < 1.29 is 14.3 Å². The minimum Gasteiger partial charge on any atom is -0.497 e. The number of rotatable bonds is 6. The molecular formula is C16H21NO3S2. The predicted octanol–water partition coefficient (Wildman–Crippen LogP) is 3.13. The minimum atomic E-state index is -0.188. The molecule has 0 bridgehead atoms. The lowest BCUT2D eigenvalue weighted by atomic mass is 10.1. The summed E-state index contributed by atoms with van der Waals surface area (Å²) < 4.78 is 11.3. The zero-order valence-corrected chi connectivity index (χ0v) is 14.9. The zero-order chi connectivity index (χ0) is 16.3. The summed E-state index contributed by atoms with van der Waals surface area (Å²) in [7, 11) is 3.26. The molecule has 1 aliphatic rings. The Kier molecular flexibility index (Phi) is 5.69. The van der Waals surface area contributed by atoms with E-state index in [2.05, 4.69) is 13.8 Å². The van der Waals surface area contributed by atoms with E-state index in [9.17, 15) is 4.79 Å². The van der Waals surface area contributed by atoms with Crippen LogP contribution in [0.2, 0.25) is 0 Å². The first-order valence-corrected chi connectivity index (χ1v) is 8.48. The molecular weight excluding hydrogens is 318 g/mol. The Morgan fingerprint density at radius 1 is 1.32 bits per heavy atom. The van der Waals surface area contributed by atoms with Gasteiger partial charge in [-0.2, -0.15) is 0 Å². The largest absolute Gasteiger partial charge is 0.497 e. The highest BCUT2D eigenvalue weighted by molar-refractivity contribution is 8.24. The van der Waals surface area contributed by atoms with Crippen molar-refractivity contribution in [3.63, 3.8) is 0 Å². The highest BCUT2D eigenvalue weighted by Crippen LogP contribution is 2.34. The first-order valence-electron chi connectivity index (χ1n) is 7.19. The van der Waals surface area contributed by atoms with Gasteiger partial charge in [0.05, 0.1) is 19.5 Å². The molecule has 1 fully saturated rings. The molecule has 4 nitrogen and oxygen atoms in total. The summed E-state index contributed by atoms with van der Waals surface area (Å²) in [4.78, 5) is 14.3. The Bertz CT molecular complexity index is 575. The lowest BCUT2D eigenvalue weighted by Crippen LogP contribution is -2.34. The van der Waals surface area contributed by atoms with Crippen LogP contribution in [-0.2, 0) is 11.2 Å². The van der Waals surface area contributed by atoms with Crippen molar-refractivity contribution >= 4 is 34.2 Å². The summed E-state index contributed by atoms with van der Waals surface area (Å²) in [6, 6.07) is 5.63. The number of nitrogens with zero attached hydrogens (tertiary/aromatic N) is 1. The summed E-state index contributed by atoms with van der Waals surface area (Å²) >= 11 is 6.81. The molecule has 0 saturated carbocycles. The van der Waals surface area contributed by atoms with Crippen molar-refractivity contribution in [3.8, 4) is 11.5 Å². The lowest BCUT2D eigenvalue weighted by molar-refractivity contribution is -0.126. The molecule has 6 heteroatoms. The average molecular weight is 339 g/mol. The quantitative estimate of drug-likeness (QED) is 0.745. The second kappa shape index (κ2) is 7.33. The van der Waals surface area contributed by atoms with Gasteiger partial charge >= 0.3 is 0 Å². The summed E-state index contributed by atoms with van der Waals surface area (Å²) in [6.45, 7) is 4.84. The Morgan fingerprint density at radius 3 is 2.64 bits per heavy atom. The van der Waals surface area contributed by atoms with E-state index < -0.39 is 0 Å². The third-order valence-corrected chi connectivity index (χ3v) is 5.03. The van der Waals surface area contributed by atoms with Crippen LogP contribution in [0.25, 0.3) is 0 Å². The van der Waals surface area contributed by atoms with Crippen LogP contribution in [0.3, 0.4) is 0 Å². The molecule has 1 aliphatic heterocycles. The van der Waals surface area contributed by atoms with Crippen LogP contribution in [0.4, 0.5) is 0 Å². The molecule has 2 rings (SSSR count). The van der Waals surface area contributed by atoms with Gasteiger partial charge in [0.1, 0.15) is 15.8 Å². The molecule has 1 saturated heterocycles. The van der Waals surface area contributed by atoms with Crippen LogP contribution in [0, 0.1) is 5.92 Å². The monoisotopic (exact) mass is 339 g/mol. The molecule has 1 atom stereocenters. The number of ether oxygens (including phenoxy) is 2. The minimum absolute atomic E-state index is 0.0913. The van der Waals surface area contributed by atoms with E-state index in [1.807, 2.05) is 18.2 Å². The molecule has 0 N–H and O–H groups in total. The van der Waals surface area contributed by atoms with Gasteiger partial charge in [0, 0.05) is 6.54 Å². The standard InChI is InChI=1S/C16H21NO3S2/c1-10(2)9-17-15(18)14(22-16(17)21)8-11-7-12(19-3)5-6-13(11)20-4/h5-7,10,14H,8-9H2,1-4H3/t14-/m1/s1. The van der Waals surface area contributed by atoms with Crippen LogP contribution < -0.4 is 9.47 Å². The van der Waals surface area contributed by atoms with Gasteiger partial charge in [0.25, 0.3) is 0 Å². The summed E-state index contributed by atoms with van der Waals surface area (Å²) in [5, 5.41) is -0.188. The Morgan fingerprint density at radius 2 is 2.05 bits per heavy atom.